The Bertz CT molecular complexity index is 1230. The van der Waals surface area contributed by atoms with Crippen molar-refractivity contribution in [3.63, 3.8) is 0 Å². The van der Waals surface area contributed by atoms with Crippen LogP contribution >= 0.6 is 11.3 Å². The van der Waals surface area contributed by atoms with Crippen molar-refractivity contribution in [1.29, 1.82) is 0 Å². The van der Waals surface area contributed by atoms with Crippen LogP contribution < -0.4 is 4.90 Å². The van der Waals surface area contributed by atoms with Crippen molar-refractivity contribution < 1.29 is 13.9 Å². The Morgan fingerprint density at radius 1 is 1.22 bits per heavy atom. The summed E-state index contributed by atoms with van der Waals surface area (Å²) in [5.41, 5.74) is 2.60. The lowest BCUT2D eigenvalue weighted by atomic mass is 9.97. The Kier molecular flexibility index (Phi) is 8.03. The van der Waals surface area contributed by atoms with E-state index in [0.29, 0.717) is 6.61 Å². The highest BCUT2D eigenvalue weighted by atomic mass is 32.1. The van der Waals surface area contributed by atoms with Crippen molar-refractivity contribution in [2.24, 2.45) is 11.0 Å². The SMILES string of the molecule is CCOC(=O)C1CCN(/C(C)=N/n2c(C)nc(CC)c2N(C)c2nc(-c3ccc(F)cc3)cs2)CC1. The van der Waals surface area contributed by atoms with E-state index >= 15 is 0 Å². The second-order valence-electron chi connectivity index (χ2n) is 8.84. The van der Waals surface area contributed by atoms with Gasteiger partial charge in [0.1, 0.15) is 17.5 Å². The van der Waals surface area contributed by atoms with Crippen LogP contribution in [0.3, 0.4) is 0 Å². The van der Waals surface area contributed by atoms with Crippen LogP contribution in [0.15, 0.2) is 34.7 Å². The highest BCUT2D eigenvalue weighted by Crippen LogP contribution is 2.34. The number of imidazole rings is 1. The Hall–Kier alpha value is -3.27. The van der Waals surface area contributed by atoms with Gasteiger partial charge in [0, 0.05) is 31.1 Å². The van der Waals surface area contributed by atoms with Crippen molar-refractivity contribution in [2.45, 2.75) is 47.0 Å². The fourth-order valence-corrected chi connectivity index (χ4v) is 5.23. The number of piperidine rings is 1. The molecule has 0 atom stereocenters. The van der Waals surface area contributed by atoms with E-state index in [1.165, 1.54) is 23.5 Å². The van der Waals surface area contributed by atoms with Crippen LogP contribution in [-0.4, -0.2) is 58.1 Å². The van der Waals surface area contributed by atoms with Gasteiger partial charge < -0.3 is 14.5 Å². The maximum Gasteiger partial charge on any atom is 0.309 e. The predicted octanol–water partition coefficient (Wildman–Crippen LogP) is 5.24. The third-order valence-corrected chi connectivity index (χ3v) is 7.37. The van der Waals surface area contributed by atoms with Gasteiger partial charge in [-0.2, -0.15) is 9.78 Å². The van der Waals surface area contributed by atoms with E-state index in [2.05, 4.69) is 11.8 Å². The number of hydrogen-bond donors (Lipinski definition) is 0. The fourth-order valence-electron chi connectivity index (χ4n) is 4.43. The van der Waals surface area contributed by atoms with Gasteiger partial charge in [0.15, 0.2) is 10.9 Å². The third kappa shape index (κ3) is 5.43. The third-order valence-electron chi connectivity index (χ3n) is 6.45. The van der Waals surface area contributed by atoms with Gasteiger partial charge in [-0.05, 0) is 64.3 Å². The maximum atomic E-state index is 13.3. The minimum atomic E-state index is -0.267. The number of rotatable bonds is 7. The van der Waals surface area contributed by atoms with Gasteiger partial charge in [-0.15, -0.1) is 11.3 Å². The van der Waals surface area contributed by atoms with Crippen molar-refractivity contribution in [2.75, 3.05) is 31.6 Å². The molecule has 3 heterocycles. The Morgan fingerprint density at radius 3 is 2.56 bits per heavy atom. The molecule has 10 heteroatoms. The summed E-state index contributed by atoms with van der Waals surface area (Å²) in [5, 5.41) is 7.72. The van der Waals surface area contributed by atoms with Gasteiger partial charge in [0.05, 0.1) is 23.9 Å². The van der Waals surface area contributed by atoms with E-state index in [1.807, 2.05) is 42.8 Å². The summed E-state index contributed by atoms with van der Waals surface area (Å²) >= 11 is 1.52. The Morgan fingerprint density at radius 2 is 1.92 bits per heavy atom. The Labute approximate surface area is 215 Å². The molecule has 0 aliphatic carbocycles. The molecule has 3 aromatic rings. The molecular formula is C26H33FN6O2S. The topological polar surface area (TPSA) is 75.8 Å². The number of hydrogen-bond acceptors (Lipinski definition) is 7. The number of aryl methyl sites for hydroxylation is 2. The van der Waals surface area contributed by atoms with Crippen LogP contribution in [0, 0.1) is 18.7 Å². The molecule has 1 aliphatic rings. The zero-order chi connectivity index (χ0) is 25.8. The molecule has 1 saturated heterocycles. The molecule has 2 aromatic heterocycles. The van der Waals surface area contributed by atoms with Crippen molar-refractivity contribution in [3.05, 3.63) is 47.0 Å². The molecule has 1 fully saturated rings. The number of esters is 1. The van der Waals surface area contributed by atoms with Gasteiger partial charge in [-0.25, -0.2) is 14.4 Å². The monoisotopic (exact) mass is 512 g/mol. The van der Waals surface area contributed by atoms with E-state index in [9.17, 15) is 9.18 Å². The number of carbonyl (C=O) groups excluding carboxylic acids is 1. The molecule has 0 bridgehead atoms. The van der Waals surface area contributed by atoms with E-state index in [4.69, 9.17) is 19.8 Å². The molecular weight excluding hydrogens is 479 g/mol. The molecule has 0 N–H and O–H groups in total. The highest BCUT2D eigenvalue weighted by Gasteiger charge is 2.27. The summed E-state index contributed by atoms with van der Waals surface area (Å²) in [6, 6.07) is 6.36. The number of carbonyl (C=O) groups is 1. The first-order chi connectivity index (χ1) is 17.3. The fraction of sp³-hybridized carbons (Fsp3) is 0.462. The Balaban J connectivity index is 1.57. The zero-order valence-corrected chi connectivity index (χ0v) is 22.3. The van der Waals surface area contributed by atoms with Gasteiger partial charge in [-0.1, -0.05) is 6.92 Å². The van der Waals surface area contributed by atoms with Gasteiger partial charge in [0.2, 0.25) is 0 Å². The second-order valence-corrected chi connectivity index (χ2v) is 9.67. The van der Waals surface area contributed by atoms with Crippen molar-refractivity contribution in [3.8, 4) is 11.3 Å². The van der Waals surface area contributed by atoms with Crippen molar-refractivity contribution >= 4 is 34.1 Å². The van der Waals surface area contributed by atoms with Gasteiger partial charge >= 0.3 is 5.97 Å². The molecule has 8 nitrogen and oxygen atoms in total. The van der Waals surface area contributed by atoms with Crippen molar-refractivity contribution in [1.82, 2.24) is 19.5 Å². The molecule has 36 heavy (non-hydrogen) atoms. The molecule has 0 amide bonds. The summed E-state index contributed by atoms with van der Waals surface area (Å²) in [4.78, 5) is 25.9. The van der Waals surface area contributed by atoms with Crippen LogP contribution in [-0.2, 0) is 16.0 Å². The van der Waals surface area contributed by atoms with E-state index in [1.54, 1.807) is 12.1 Å². The maximum absolute atomic E-state index is 13.3. The number of aromatic nitrogens is 3. The first-order valence-electron chi connectivity index (χ1n) is 12.3. The first kappa shape index (κ1) is 25.8. The summed E-state index contributed by atoms with van der Waals surface area (Å²) in [6.07, 6.45) is 2.27. The largest absolute Gasteiger partial charge is 0.466 e. The zero-order valence-electron chi connectivity index (χ0n) is 21.5. The molecule has 192 valence electrons. The average molecular weight is 513 g/mol. The molecule has 0 spiro atoms. The summed E-state index contributed by atoms with van der Waals surface area (Å²) in [6.45, 7) is 9.79. The van der Waals surface area contributed by atoms with Gasteiger partial charge in [-0.3, -0.25) is 4.79 Å². The van der Waals surface area contributed by atoms with Gasteiger partial charge in [0.25, 0.3) is 0 Å². The summed E-state index contributed by atoms with van der Waals surface area (Å²) in [7, 11) is 1.97. The highest BCUT2D eigenvalue weighted by molar-refractivity contribution is 7.14. The molecule has 0 saturated carbocycles. The predicted molar refractivity (Wildman–Crippen MR) is 141 cm³/mol. The standard InChI is InChI=1S/C26H33FN6O2S/c1-6-22-24(31(5)26-29-23(16-36-26)19-8-10-21(27)11-9-19)33(17(3)28-22)30-18(4)32-14-12-20(13-15-32)25(34)35-7-2/h8-11,16,20H,6-7,12-15H2,1-5H3/b30-18+. The molecule has 1 aromatic carbocycles. The van der Waals surface area contributed by atoms with Crippen LogP contribution in [0.1, 0.15) is 45.1 Å². The number of benzene rings is 1. The minimum Gasteiger partial charge on any atom is -0.466 e. The molecule has 4 rings (SSSR count). The molecule has 1 aliphatic heterocycles. The molecule has 0 unspecified atom stereocenters. The summed E-state index contributed by atoms with van der Waals surface area (Å²) in [5.74, 6) is 2.13. The van der Waals surface area contributed by atoms with Crippen LogP contribution in [0.5, 0.6) is 0 Å². The average Bonchev–Trinajstić information content (AvgIpc) is 3.49. The number of ether oxygens (including phenoxy) is 1. The second kappa shape index (κ2) is 11.2. The number of thiazole rings is 1. The lowest BCUT2D eigenvalue weighted by molar-refractivity contribution is -0.149. The smallest absolute Gasteiger partial charge is 0.309 e. The minimum absolute atomic E-state index is 0.0439. The van der Waals surface area contributed by atoms with Crippen LogP contribution in [0.4, 0.5) is 15.3 Å². The van der Waals surface area contributed by atoms with Crippen LogP contribution in [0.2, 0.25) is 0 Å². The quantitative estimate of drug-likeness (QED) is 0.245. The van der Waals surface area contributed by atoms with E-state index < -0.39 is 0 Å². The van der Waals surface area contributed by atoms with E-state index in [-0.39, 0.29) is 17.7 Å². The lowest BCUT2D eigenvalue weighted by Gasteiger charge is -2.32. The number of anilines is 2. The number of halogens is 1. The lowest BCUT2D eigenvalue weighted by Crippen LogP contribution is -2.40. The normalized spacial score (nSPS) is 14.8. The first-order valence-corrected chi connectivity index (χ1v) is 13.2. The van der Waals surface area contributed by atoms with E-state index in [0.717, 1.165) is 71.9 Å². The number of amidine groups is 1. The summed E-state index contributed by atoms with van der Waals surface area (Å²) < 4.78 is 20.4. The number of likely N-dealkylation sites (tertiary alicyclic amines) is 1. The van der Waals surface area contributed by atoms with Crippen LogP contribution in [0.25, 0.3) is 11.3 Å². The number of nitrogens with zero attached hydrogens (tertiary/aromatic N) is 6. The molecule has 0 radical (unpaired) electrons.